The van der Waals surface area contributed by atoms with Crippen molar-refractivity contribution in [1.29, 1.82) is 0 Å². The fourth-order valence-corrected chi connectivity index (χ4v) is 5.55. The molecule has 0 saturated heterocycles. The Morgan fingerprint density at radius 3 is 0.878 bits per heavy atom. The van der Waals surface area contributed by atoms with Gasteiger partial charge in [0, 0.05) is 13.0 Å². The van der Waals surface area contributed by atoms with Gasteiger partial charge in [-0.25, -0.2) is 4.79 Å². The summed E-state index contributed by atoms with van der Waals surface area (Å²) in [6, 6.07) is 0. The summed E-state index contributed by atoms with van der Waals surface area (Å²) in [5.41, 5.74) is 0.425. The molecule has 3 nitrogen and oxygen atoms in total. The minimum absolute atomic E-state index is 0.0596. The molecular weight excluding hydrogens is 504 g/mol. The van der Waals surface area contributed by atoms with E-state index in [9.17, 15) is 9.59 Å². The number of aliphatic hydroxyl groups excluding tert-OH is 1. The maximum atomic E-state index is 12.4. The van der Waals surface area contributed by atoms with Crippen molar-refractivity contribution in [2.24, 2.45) is 0 Å². The second-order valence-corrected chi connectivity index (χ2v) is 12.4. The molecule has 0 spiro atoms. The number of aliphatic hydroxyl groups is 1. The molecule has 0 aromatic carbocycles. The largest absolute Gasteiger partial charge is 0.397 e. The highest BCUT2D eigenvalue weighted by molar-refractivity contribution is 6.02. The molecule has 0 atom stereocenters. The van der Waals surface area contributed by atoms with Gasteiger partial charge in [-0.1, -0.05) is 187 Å². The first-order valence-electron chi connectivity index (χ1n) is 18.6. The van der Waals surface area contributed by atoms with E-state index in [0.717, 1.165) is 25.7 Å². The summed E-state index contributed by atoms with van der Waals surface area (Å²) >= 11 is 0. The van der Waals surface area contributed by atoms with E-state index in [1.807, 2.05) is 5.94 Å². The lowest BCUT2D eigenvalue weighted by atomic mass is 9.99. The summed E-state index contributed by atoms with van der Waals surface area (Å²) in [6.07, 6.45) is 39.7. The molecule has 0 unspecified atom stereocenters. The molecule has 0 saturated carbocycles. The molecule has 0 heterocycles. The number of ketones is 1. The Bertz CT molecular complexity index is 550. The third-order valence-corrected chi connectivity index (χ3v) is 8.25. The first-order chi connectivity index (χ1) is 20.2. The minimum Gasteiger partial charge on any atom is -0.397 e. The number of allylic oxidation sites excluding steroid dienone is 1. The lowest BCUT2D eigenvalue weighted by Crippen LogP contribution is -2.03. The van der Waals surface area contributed by atoms with Gasteiger partial charge in [0.25, 0.3) is 0 Å². The van der Waals surface area contributed by atoms with Gasteiger partial charge in [-0.3, -0.25) is 4.79 Å². The Morgan fingerprint density at radius 1 is 0.415 bits per heavy atom. The van der Waals surface area contributed by atoms with E-state index in [1.54, 1.807) is 6.92 Å². The van der Waals surface area contributed by atoms with E-state index in [0.29, 0.717) is 18.4 Å². The molecule has 0 aliphatic carbocycles. The second kappa shape index (κ2) is 39.1. The van der Waals surface area contributed by atoms with Crippen molar-refractivity contribution in [2.75, 3.05) is 6.61 Å². The van der Waals surface area contributed by atoms with Gasteiger partial charge < -0.3 is 5.11 Å². The topological polar surface area (TPSA) is 54.4 Å². The highest BCUT2D eigenvalue weighted by atomic mass is 16.2. The van der Waals surface area contributed by atoms with Gasteiger partial charge in [0.05, 0.1) is 5.57 Å². The van der Waals surface area contributed by atoms with Crippen LogP contribution in [0.5, 0.6) is 0 Å². The van der Waals surface area contributed by atoms with E-state index in [2.05, 4.69) is 13.8 Å². The van der Waals surface area contributed by atoms with Gasteiger partial charge in [0.1, 0.15) is 5.94 Å². The molecule has 1 N–H and O–H groups in total. The number of hydrogen-bond acceptors (Lipinski definition) is 3. The molecule has 0 amide bonds. The first-order valence-corrected chi connectivity index (χ1v) is 18.6. The van der Waals surface area contributed by atoms with Gasteiger partial charge in [-0.05, 0) is 26.2 Å². The molecule has 0 rings (SSSR count). The molecule has 0 radical (unpaired) electrons. The monoisotopic (exact) mass is 579 g/mol. The maximum absolute atomic E-state index is 12.4. The standard InChI is InChI=1S/C36H68O2.C2H6O/c1-3-5-7-9-11-13-15-17-19-21-23-25-27-29-31-33-36(38)35(34-37)32-30-28-26-24-22-20-18-16-14-12-10-8-6-4-2;1-2-3/h3-33H2,1-2H3;3H,2H2,1H3. The zero-order valence-electron chi connectivity index (χ0n) is 28.4. The minimum atomic E-state index is 0.0596. The number of hydrogen-bond donors (Lipinski definition) is 1. The molecule has 0 aliphatic heterocycles. The van der Waals surface area contributed by atoms with Crippen molar-refractivity contribution in [1.82, 2.24) is 0 Å². The average molecular weight is 579 g/mol. The molecule has 0 aromatic heterocycles. The summed E-state index contributed by atoms with van der Waals surface area (Å²) in [5.74, 6) is 2.03. The van der Waals surface area contributed by atoms with Crippen LogP contribution in [-0.2, 0) is 9.59 Å². The van der Waals surface area contributed by atoms with Gasteiger partial charge in [0.15, 0.2) is 5.78 Å². The Kier molecular flexibility index (Phi) is 40.2. The number of rotatable bonds is 32. The van der Waals surface area contributed by atoms with Crippen LogP contribution < -0.4 is 0 Å². The second-order valence-electron chi connectivity index (χ2n) is 12.4. The van der Waals surface area contributed by atoms with Crippen LogP contribution in [0.4, 0.5) is 0 Å². The van der Waals surface area contributed by atoms with E-state index >= 15 is 0 Å². The average Bonchev–Trinajstić information content (AvgIpc) is 2.97. The van der Waals surface area contributed by atoms with Crippen LogP contribution >= 0.6 is 0 Å². The zero-order valence-corrected chi connectivity index (χ0v) is 28.4. The highest BCUT2D eigenvalue weighted by Crippen LogP contribution is 2.17. The Hall–Kier alpha value is -0.920. The SMILES string of the molecule is CCCCCCCCCCCCCCCCCC(=O)C(=C=O)CCCCCCCCCCCCCCCC.CCO. The van der Waals surface area contributed by atoms with Crippen molar-refractivity contribution in [3.05, 3.63) is 5.57 Å². The third-order valence-electron chi connectivity index (χ3n) is 8.25. The summed E-state index contributed by atoms with van der Waals surface area (Å²) in [7, 11) is 0. The Labute approximate surface area is 258 Å². The quantitative estimate of drug-likeness (QED) is 0.0490. The normalized spacial score (nSPS) is 10.7. The predicted molar refractivity (Wildman–Crippen MR) is 181 cm³/mol. The highest BCUT2D eigenvalue weighted by Gasteiger charge is 2.10. The first kappa shape index (κ1) is 42.2. The Morgan fingerprint density at radius 2 is 0.634 bits per heavy atom. The third kappa shape index (κ3) is 37.1. The van der Waals surface area contributed by atoms with Crippen molar-refractivity contribution in [3.63, 3.8) is 0 Å². The van der Waals surface area contributed by atoms with Crippen molar-refractivity contribution in [2.45, 2.75) is 220 Å². The van der Waals surface area contributed by atoms with Gasteiger partial charge in [-0.2, -0.15) is 0 Å². The molecule has 244 valence electrons. The number of Topliss-reactive ketones (excluding diaryl/α,β-unsaturated/α-hetero) is 1. The molecule has 41 heavy (non-hydrogen) atoms. The van der Waals surface area contributed by atoms with Crippen LogP contribution in [0.2, 0.25) is 0 Å². The zero-order chi connectivity index (χ0) is 30.5. The number of unbranched alkanes of at least 4 members (excludes halogenated alkanes) is 27. The molecule has 3 heteroatoms. The number of carbonyl (C=O) groups is 1. The molecular formula is C38H74O3. The smallest absolute Gasteiger partial charge is 0.169 e. The van der Waals surface area contributed by atoms with Crippen molar-refractivity contribution >= 4 is 11.7 Å². The molecule has 0 aliphatic rings. The Balaban J connectivity index is 0. The van der Waals surface area contributed by atoms with Gasteiger partial charge >= 0.3 is 0 Å². The van der Waals surface area contributed by atoms with Crippen molar-refractivity contribution in [3.8, 4) is 0 Å². The molecule has 0 fully saturated rings. The summed E-state index contributed by atoms with van der Waals surface area (Å²) in [5, 5.41) is 7.57. The molecule has 0 bridgehead atoms. The summed E-state index contributed by atoms with van der Waals surface area (Å²) in [6.45, 7) is 6.49. The van der Waals surface area contributed by atoms with Crippen LogP contribution in [0.1, 0.15) is 220 Å². The van der Waals surface area contributed by atoms with Crippen LogP contribution in [0.3, 0.4) is 0 Å². The summed E-state index contributed by atoms with van der Waals surface area (Å²) < 4.78 is 0. The van der Waals surface area contributed by atoms with Crippen LogP contribution in [-0.4, -0.2) is 23.4 Å². The van der Waals surface area contributed by atoms with Crippen molar-refractivity contribution < 1.29 is 14.7 Å². The van der Waals surface area contributed by atoms with Crippen LogP contribution in [0.15, 0.2) is 5.57 Å². The lowest BCUT2D eigenvalue weighted by Gasteiger charge is -2.05. The van der Waals surface area contributed by atoms with Crippen LogP contribution in [0.25, 0.3) is 0 Å². The van der Waals surface area contributed by atoms with E-state index in [1.165, 1.54) is 161 Å². The predicted octanol–water partition coefficient (Wildman–Crippen LogP) is 12.4. The van der Waals surface area contributed by atoms with Gasteiger partial charge in [-0.15, -0.1) is 0 Å². The van der Waals surface area contributed by atoms with E-state index < -0.39 is 0 Å². The number of carbonyl (C=O) groups excluding carboxylic acids is 2. The molecule has 0 aromatic rings. The fourth-order valence-electron chi connectivity index (χ4n) is 5.55. The fraction of sp³-hybridized carbons (Fsp3) is 0.921. The maximum Gasteiger partial charge on any atom is 0.169 e. The van der Waals surface area contributed by atoms with E-state index in [-0.39, 0.29) is 12.4 Å². The lowest BCUT2D eigenvalue weighted by molar-refractivity contribution is -0.115. The van der Waals surface area contributed by atoms with Gasteiger partial charge in [0.2, 0.25) is 0 Å². The summed E-state index contributed by atoms with van der Waals surface area (Å²) in [4.78, 5) is 23.7. The van der Waals surface area contributed by atoms with Crippen LogP contribution in [0, 0.1) is 0 Å². The van der Waals surface area contributed by atoms with E-state index in [4.69, 9.17) is 5.11 Å².